The number of rotatable bonds is 9. The van der Waals surface area contributed by atoms with Crippen molar-refractivity contribution >= 4 is 27.4 Å². The molecule has 1 unspecified atom stereocenters. The number of likely N-dealkylation sites (tertiary alicyclic amines) is 1. The van der Waals surface area contributed by atoms with E-state index < -0.39 is 16.5 Å². The zero-order valence-corrected chi connectivity index (χ0v) is 19.7. The van der Waals surface area contributed by atoms with Crippen molar-refractivity contribution in [1.82, 2.24) is 9.80 Å². The van der Waals surface area contributed by atoms with Gasteiger partial charge in [-0.1, -0.05) is 19.9 Å². The molecule has 1 fully saturated rings. The largest absolute Gasteiger partial charge is 0.492 e. The van der Waals surface area contributed by atoms with Gasteiger partial charge in [0.2, 0.25) is 0 Å². The molecule has 1 aromatic carbocycles. The highest BCUT2D eigenvalue weighted by Gasteiger charge is 2.31. The summed E-state index contributed by atoms with van der Waals surface area (Å²) in [7, 11) is -0.614. The summed E-state index contributed by atoms with van der Waals surface area (Å²) in [4.78, 5) is 29.9. The maximum Gasteiger partial charge on any atom is 0.320 e. The molecule has 3 amide bonds. The number of piperidine rings is 1. The van der Waals surface area contributed by atoms with Crippen molar-refractivity contribution in [2.45, 2.75) is 32.7 Å². The van der Waals surface area contributed by atoms with E-state index in [9.17, 15) is 9.59 Å². The molecule has 9 heteroatoms. The molecule has 32 heavy (non-hydrogen) atoms. The van der Waals surface area contributed by atoms with Crippen molar-refractivity contribution < 1.29 is 14.3 Å². The lowest BCUT2D eigenvalue weighted by Gasteiger charge is -2.29. The first-order chi connectivity index (χ1) is 15.4. The molecule has 0 radical (unpaired) electrons. The number of amides is 3. The standard InChI is InChI=1S/C23H33N5O3S/c1-3-27(4-2)13-14-31-18-6-5-7-19(16-18)32-15-10-20(21(32)26-23(25)30)22(29)28-11-8-17(24)9-12-28/h5-7,10,15-17H,3-4,8-9,11-14,24H2,1-2H3,(H2-,25,26,29,30)/p+1. The molecule has 0 aliphatic carbocycles. The molecule has 1 atom stereocenters. The van der Waals surface area contributed by atoms with Crippen LogP contribution < -0.4 is 21.5 Å². The summed E-state index contributed by atoms with van der Waals surface area (Å²) in [5.41, 5.74) is 11.9. The number of anilines is 1. The Morgan fingerprint density at radius 3 is 2.59 bits per heavy atom. The quantitative estimate of drug-likeness (QED) is 0.497. The van der Waals surface area contributed by atoms with Crippen LogP contribution in [0.3, 0.4) is 0 Å². The Bertz CT molecular complexity index is 920. The van der Waals surface area contributed by atoms with Crippen molar-refractivity contribution in [2.24, 2.45) is 11.5 Å². The van der Waals surface area contributed by atoms with Crippen molar-refractivity contribution in [3.8, 4) is 10.6 Å². The molecule has 174 valence electrons. The Hall–Kier alpha value is -2.62. The fourth-order valence-electron chi connectivity index (χ4n) is 3.80. The summed E-state index contributed by atoms with van der Waals surface area (Å²) < 4.78 is 5.96. The minimum atomic E-state index is -0.682. The number of hydrogen-bond acceptors (Lipinski definition) is 5. The third kappa shape index (κ3) is 5.99. The van der Waals surface area contributed by atoms with Crippen LogP contribution in [0, 0.1) is 0 Å². The zero-order valence-electron chi connectivity index (χ0n) is 18.9. The van der Waals surface area contributed by atoms with Crippen molar-refractivity contribution in [1.29, 1.82) is 0 Å². The predicted octanol–water partition coefficient (Wildman–Crippen LogP) is 3.20. The van der Waals surface area contributed by atoms with Crippen LogP contribution in [-0.4, -0.2) is 67.1 Å². The molecule has 1 aliphatic rings. The second-order valence-corrected chi connectivity index (χ2v) is 9.68. The summed E-state index contributed by atoms with van der Waals surface area (Å²) in [5, 5.41) is 5.20. The number of hydrogen-bond donors (Lipinski definition) is 3. The number of carbonyl (C=O) groups is 2. The summed E-state index contributed by atoms with van der Waals surface area (Å²) >= 11 is 0. The van der Waals surface area contributed by atoms with E-state index >= 15 is 0 Å². The fraction of sp³-hybridized carbons (Fsp3) is 0.478. The first kappa shape index (κ1) is 24.0. The highest BCUT2D eigenvalue weighted by Crippen LogP contribution is 2.44. The maximum atomic E-state index is 13.2. The van der Waals surface area contributed by atoms with Crippen molar-refractivity contribution in [3.63, 3.8) is 0 Å². The molecule has 1 aromatic heterocycles. The number of likely N-dealkylation sites (N-methyl/N-ethyl adjacent to an activating group) is 1. The van der Waals surface area contributed by atoms with Crippen LogP contribution in [0.15, 0.2) is 35.7 Å². The molecule has 1 saturated heterocycles. The fourth-order valence-corrected chi connectivity index (χ4v) is 5.68. The Balaban J connectivity index is 1.81. The number of thiophene rings is 1. The average molecular weight is 461 g/mol. The molecule has 5 N–H and O–H groups in total. The van der Waals surface area contributed by atoms with Gasteiger partial charge in [-0.3, -0.25) is 10.1 Å². The summed E-state index contributed by atoms with van der Waals surface area (Å²) in [6.45, 7) is 8.92. The van der Waals surface area contributed by atoms with Crippen molar-refractivity contribution in [2.75, 3.05) is 44.6 Å². The number of ether oxygens (including phenoxy) is 1. The summed E-state index contributed by atoms with van der Waals surface area (Å²) in [6, 6.07) is 9.03. The zero-order chi connectivity index (χ0) is 23.1. The highest BCUT2D eigenvalue weighted by atomic mass is 32.2. The Labute approximate surface area is 192 Å². The number of primary amides is 1. The van der Waals surface area contributed by atoms with Crippen LogP contribution in [0.5, 0.6) is 5.75 Å². The molecule has 8 nitrogen and oxygen atoms in total. The molecular formula is C23H34N5O3S+. The number of benzene rings is 1. The first-order valence-electron chi connectivity index (χ1n) is 11.1. The molecule has 2 aromatic rings. The van der Waals surface area contributed by atoms with E-state index in [1.54, 1.807) is 11.0 Å². The van der Waals surface area contributed by atoms with Crippen molar-refractivity contribution in [3.05, 3.63) is 41.3 Å². The van der Waals surface area contributed by atoms with Gasteiger partial charge in [0.1, 0.15) is 23.3 Å². The van der Waals surface area contributed by atoms with Gasteiger partial charge in [-0.25, -0.2) is 4.79 Å². The lowest BCUT2D eigenvalue weighted by Crippen LogP contribution is -2.43. The highest BCUT2D eigenvalue weighted by molar-refractivity contribution is 7.42. The monoisotopic (exact) mass is 460 g/mol. The topological polar surface area (TPSA) is 114 Å². The average Bonchev–Trinajstić information content (AvgIpc) is 3.20. The Morgan fingerprint density at radius 1 is 1.22 bits per heavy atom. The molecule has 0 bridgehead atoms. The predicted molar refractivity (Wildman–Crippen MR) is 130 cm³/mol. The SMILES string of the molecule is CCN(CC)CCOc1cccc(-[s+]2ccc(C(=O)N3CCC(N)CC3)c2NC(N)=O)c1. The van der Waals surface area contributed by atoms with Crippen LogP contribution in [0.2, 0.25) is 0 Å². The second-order valence-electron chi connectivity index (χ2n) is 7.85. The first-order valence-corrected chi connectivity index (χ1v) is 12.4. The van der Waals surface area contributed by atoms with Crippen LogP contribution in [0.4, 0.5) is 9.80 Å². The van der Waals surface area contributed by atoms with Gasteiger partial charge in [0.25, 0.3) is 10.9 Å². The number of urea groups is 1. The van der Waals surface area contributed by atoms with E-state index in [1.165, 1.54) is 0 Å². The molecular weight excluding hydrogens is 426 g/mol. The molecule has 0 saturated carbocycles. The van der Waals surface area contributed by atoms with E-state index in [4.69, 9.17) is 16.2 Å². The minimum Gasteiger partial charge on any atom is -0.492 e. The van der Waals surface area contributed by atoms with Crippen LogP contribution >= 0.6 is 10.5 Å². The normalized spacial score (nSPS) is 15.1. The van der Waals surface area contributed by atoms with Gasteiger partial charge in [-0.2, -0.15) is 0 Å². The van der Waals surface area contributed by atoms with E-state index in [0.29, 0.717) is 30.3 Å². The maximum absolute atomic E-state index is 13.2. The number of nitrogens with one attached hydrogen (secondary N) is 1. The van der Waals surface area contributed by atoms with Crippen LogP contribution in [0.25, 0.3) is 4.90 Å². The van der Waals surface area contributed by atoms with Gasteiger partial charge in [-0.15, -0.1) is 0 Å². The van der Waals surface area contributed by atoms with E-state index in [-0.39, 0.29) is 11.9 Å². The van der Waals surface area contributed by atoms with Crippen LogP contribution in [0.1, 0.15) is 37.0 Å². The lowest BCUT2D eigenvalue weighted by molar-refractivity contribution is 0.0716. The summed E-state index contributed by atoms with van der Waals surface area (Å²) in [6.07, 6.45) is 1.56. The number of nitrogens with two attached hydrogens (primary N) is 2. The molecule has 2 heterocycles. The molecule has 1 aliphatic heterocycles. The second kappa shape index (κ2) is 11.3. The van der Waals surface area contributed by atoms with E-state index in [1.807, 2.05) is 29.6 Å². The van der Waals surface area contributed by atoms with E-state index in [2.05, 4.69) is 24.1 Å². The smallest absolute Gasteiger partial charge is 0.320 e. The van der Waals surface area contributed by atoms with Gasteiger partial charge in [0.05, 0.1) is 0 Å². The lowest BCUT2D eigenvalue weighted by atomic mass is 10.1. The van der Waals surface area contributed by atoms with Gasteiger partial charge < -0.3 is 26.0 Å². The third-order valence-electron chi connectivity index (χ3n) is 5.76. The molecule has 0 spiro atoms. The molecule has 3 rings (SSSR count). The Morgan fingerprint density at radius 2 is 1.94 bits per heavy atom. The summed E-state index contributed by atoms with van der Waals surface area (Å²) in [5.74, 6) is 0.664. The van der Waals surface area contributed by atoms with Gasteiger partial charge in [0, 0.05) is 48.3 Å². The van der Waals surface area contributed by atoms with Gasteiger partial charge in [-0.05, 0) is 38.1 Å². The Kier molecular flexibility index (Phi) is 8.49. The third-order valence-corrected chi connectivity index (χ3v) is 7.69. The van der Waals surface area contributed by atoms with E-state index in [0.717, 1.165) is 43.1 Å². The van der Waals surface area contributed by atoms with Crippen LogP contribution in [-0.2, 0) is 0 Å². The minimum absolute atomic E-state index is 0.0986. The van der Waals surface area contributed by atoms with Gasteiger partial charge >= 0.3 is 6.03 Å². The number of carbonyl (C=O) groups excluding carboxylic acids is 2. The van der Waals surface area contributed by atoms with Gasteiger partial charge in [0.15, 0.2) is 4.90 Å². The number of nitrogens with zero attached hydrogens (tertiary/aromatic N) is 2.